The summed E-state index contributed by atoms with van der Waals surface area (Å²) in [5.74, 6) is -0.205. The minimum absolute atomic E-state index is 0.387. The van der Waals surface area contributed by atoms with Crippen LogP contribution >= 0.6 is 11.6 Å². The van der Waals surface area contributed by atoms with Crippen LogP contribution in [-0.2, 0) is 0 Å². The zero-order chi connectivity index (χ0) is 15.7. The first kappa shape index (κ1) is 15.5. The van der Waals surface area contributed by atoms with E-state index in [0.29, 0.717) is 22.6 Å². The minimum Gasteiger partial charge on any atom is -0.205 e. The Kier molecular flexibility index (Phi) is 4.49. The lowest BCUT2D eigenvalue weighted by molar-refractivity contribution is 0.376. The summed E-state index contributed by atoms with van der Waals surface area (Å²) in [6.07, 6.45) is 9.00. The van der Waals surface area contributed by atoms with Gasteiger partial charge in [0.15, 0.2) is 5.82 Å². The van der Waals surface area contributed by atoms with Gasteiger partial charge in [-0.15, -0.1) is 0 Å². The van der Waals surface area contributed by atoms with Gasteiger partial charge in [0.25, 0.3) is 0 Å². The SMILES string of the molecule is C/C=C/C1CCC(c2ccc3c(F)c(Cl)c(F)cc3c2)CC1. The third kappa shape index (κ3) is 2.89. The first-order chi connectivity index (χ1) is 10.6. The van der Waals surface area contributed by atoms with Crippen LogP contribution in [0.15, 0.2) is 36.4 Å². The van der Waals surface area contributed by atoms with Gasteiger partial charge >= 0.3 is 0 Å². The molecule has 0 aliphatic heterocycles. The van der Waals surface area contributed by atoms with Gasteiger partial charge in [-0.1, -0.05) is 42.0 Å². The standard InChI is InChI=1S/C19H19ClF2/c1-2-3-12-4-6-13(7-5-12)14-8-9-16-15(10-14)11-17(21)18(20)19(16)22/h2-3,8-13H,4-7H2,1H3/b3-2+. The smallest absolute Gasteiger partial charge is 0.152 e. The molecule has 0 N–H and O–H groups in total. The fraction of sp³-hybridized carbons (Fsp3) is 0.368. The number of halogens is 3. The average Bonchev–Trinajstić information content (AvgIpc) is 2.53. The molecule has 2 aromatic rings. The first-order valence-electron chi connectivity index (χ1n) is 7.80. The minimum atomic E-state index is -0.694. The summed E-state index contributed by atoms with van der Waals surface area (Å²) in [6.45, 7) is 2.06. The fourth-order valence-corrected chi connectivity index (χ4v) is 3.65. The molecule has 1 fully saturated rings. The molecular formula is C19H19ClF2. The highest BCUT2D eigenvalue weighted by atomic mass is 35.5. The van der Waals surface area contributed by atoms with Crippen molar-refractivity contribution in [2.45, 2.75) is 38.5 Å². The molecule has 0 radical (unpaired) electrons. The fourth-order valence-electron chi connectivity index (χ4n) is 3.49. The van der Waals surface area contributed by atoms with Gasteiger partial charge in [-0.05, 0) is 61.5 Å². The lowest BCUT2D eigenvalue weighted by Gasteiger charge is -2.27. The molecule has 1 aliphatic carbocycles. The largest absolute Gasteiger partial charge is 0.205 e. The molecule has 0 bridgehead atoms. The second-order valence-electron chi connectivity index (χ2n) is 6.10. The van der Waals surface area contributed by atoms with Crippen molar-refractivity contribution < 1.29 is 8.78 Å². The second kappa shape index (κ2) is 6.37. The second-order valence-corrected chi connectivity index (χ2v) is 6.48. The van der Waals surface area contributed by atoms with Gasteiger partial charge in [0.05, 0.1) is 0 Å². The Morgan fingerprint density at radius 3 is 2.50 bits per heavy atom. The maximum Gasteiger partial charge on any atom is 0.152 e. The van der Waals surface area contributed by atoms with Crippen LogP contribution in [0.3, 0.4) is 0 Å². The van der Waals surface area contributed by atoms with Crippen molar-refractivity contribution in [2.75, 3.05) is 0 Å². The number of hydrogen-bond donors (Lipinski definition) is 0. The summed E-state index contributed by atoms with van der Waals surface area (Å²) >= 11 is 5.63. The van der Waals surface area contributed by atoms with Crippen LogP contribution in [0.5, 0.6) is 0 Å². The van der Waals surface area contributed by atoms with Crippen LogP contribution in [0.1, 0.15) is 44.1 Å². The maximum atomic E-state index is 14.0. The molecule has 0 nitrogen and oxygen atoms in total. The van der Waals surface area contributed by atoms with Crippen molar-refractivity contribution in [3.63, 3.8) is 0 Å². The summed E-state index contributed by atoms with van der Waals surface area (Å²) in [6, 6.07) is 6.93. The topological polar surface area (TPSA) is 0 Å². The van der Waals surface area contributed by atoms with Crippen LogP contribution in [0.4, 0.5) is 8.78 Å². The molecule has 2 aromatic carbocycles. The Balaban J connectivity index is 1.88. The van der Waals surface area contributed by atoms with Crippen molar-refractivity contribution >= 4 is 22.4 Å². The van der Waals surface area contributed by atoms with E-state index in [1.54, 1.807) is 6.07 Å². The van der Waals surface area contributed by atoms with Crippen molar-refractivity contribution in [1.29, 1.82) is 0 Å². The molecule has 3 heteroatoms. The Hall–Kier alpha value is -1.41. The number of rotatable bonds is 2. The number of fused-ring (bicyclic) bond motifs is 1. The van der Waals surface area contributed by atoms with E-state index in [0.717, 1.165) is 12.8 Å². The summed E-state index contributed by atoms with van der Waals surface area (Å²) in [5, 5.41) is 0.553. The summed E-state index contributed by atoms with van der Waals surface area (Å²) < 4.78 is 27.6. The van der Waals surface area contributed by atoms with Crippen LogP contribution in [0.2, 0.25) is 5.02 Å². The third-order valence-electron chi connectivity index (χ3n) is 4.70. The van der Waals surface area contributed by atoms with Crippen LogP contribution in [0, 0.1) is 17.6 Å². The van der Waals surface area contributed by atoms with E-state index in [-0.39, 0.29) is 0 Å². The van der Waals surface area contributed by atoms with Gasteiger partial charge in [0.1, 0.15) is 10.8 Å². The van der Waals surface area contributed by atoms with Crippen LogP contribution in [0.25, 0.3) is 10.8 Å². The summed E-state index contributed by atoms with van der Waals surface area (Å²) in [5.41, 5.74) is 1.17. The molecule has 116 valence electrons. The highest BCUT2D eigenvalue weighted by Gasteiger charge is 2.21. The molecule has 0 aromatic heterocycles. The molecule has 0 amide bonds. The maximum absolute atomic E-state index is 14.0. The Morgan fingerprint density at radius 1 is 1.09 bits per heavy atom. The molecule has 1 saturated carbocycles. The average molecular weight is 321 g/mol. The van der Waals surface area contributed by atoms with Gasteiger partial charge in [0.2, 0.25) is 0 Å². The zero-order valence-corrected chi connectivity index (χ0v) is 13.3. The first-order valence-corrected chi connectivity index (χ1v) is 8.18. The number of hydrogen-bond acceptors (Lipinski definition) is 0. The molecule has 0 saturated heterocycles. The van der Waals surface area contributed by atoms with Crippen LogP contribution in [-0.4, -0.2) is 0 Å². The highest BCUT2D eigenvalue weighted by molar-refractivity contribution is 6.31. The molecule has 0 heterocycles. The highest BCUT2D eigenvalue weighted by Crippen LogP contribution is 2.38. The quantitative estimate of drug-likeness (QED) is 0.431. The summed E-state index contributed by atoms with van der Waals surface area (Å²) in [4.78, 5) is 0. The van der Waals surface area contributed by atoms with Crippen molar-refractivity contribution in [3.8, 4) is 0 Å². The Morgan fingerprint density at radius 2 is 1.82 bits per heavy atom. The molecule has 3 rings (SSSR count). The van der Waals surface area contributed by atoms with Gasteiger partial charge in [-0.25, -0.2) is 8.78 Å². The number of benzene rings is 2. The van der Waals surface area contributed by atoms with Gasteiger partial charge in [-0.3, -0.25) is 0 Å². The van der Waals surface area contributed by atoms with Gasteiger partial charge < -0.3 is 0 Å². The third-order valence-corrected chi connectivity index (χ3v) is 5.05. The predicted molar refractivity (Wildman–Crippen MR) is 88.4 cm³/mol. The lowest BCUT2D eigenvalue weighted by Crippen LogP contribution is -2.11. The summed E-state index contributed by atoms with van der Waals surface area (Å²) in [7, 11) is 0. The van der Waals surface area contributed by atoms with E-state index in [2.05, 4.69) is 19.1 Å². The molecule has 0 atom stereocenters. The lowest BCUT2D eigenvalue weighted by atomic mass is 9.78. The van der Waals surface area contributed by atoms with Crippen molar-refractivity contribution in [2.24, 2.45) is 5.92 Å². The van der Waals surface area contributed by atoms with E-state index in [1.165, 1.54) is 24.5 Å². The van der Waals surface area contributed by atoms with Crippen molar-refractivity contribution in [1.82, 2.24) is 0 Å². The van der Waals surface area contributed by atoms with E-state index >= 15 is 0 Å². The van der Waals surface area contributed by atoms with Crippen molar-refractivity contribution in [3.05, 3.63) is 58.6 Å². The van der Waals surface area contributed by atoms with E-state index in [9.17, 15) is 8.78 Å². The van der Waals surface area contributed by atoms with E-state index in [1.807, 2.05) is 12.1 Å². The molecular weight excluding hydrogens is 302 g/mol. The van der Waals surface area contributed by atoms with E-state index < -0.39 is 16.7 Å². The molecule has 1 aliphatic rings. The molecule has 0 unspecified atom stereocenters. The Bertz CT molecular complexity index is 713. The number of allylic oxidation sites excluding steroid dienone is 2. The van der Waals surface area contributed by atoms with Crippen LogP contribution < -0.4 is 0 Å². The predicted octanol–water partition coefficient (Wildman–Crippen LogP) is 6.62. The van der Waals surface area contributed by atoms with E-state index in [4.69, 9.17) is 11.6 Å². The monoisotopic (exact) mass is 320 g/mol. The molecule has 22 heavy (non-hydrogen) atoms. The molecule has 0 spiro atoms. The normalized spacial score (nSPS) is 22.5. The van der Waals surface area contributed by atoms with Gasteiger partial charge in [0, 0.05) is 5.39 Å². The Labute approximate surface area is 134 Å². The van der Waals surface area contributed by atoms with Gasteiger partial charge in [-0.2, -0.15) is 0 Å². The zero-order valence-electron chi connectivity index (χ0n) is 12.6.